The molecule has 0 spiro atoms. The average molecular weight is 365 g/mol. The largest absolute Gasteiger partial charge is 0.465 e. The minimum atomic E-state index is -0.470. The first-order valence-corrected chi connectivity index (χ1v) is 8.24. The lowest BCUT2D eigenvalue weighted by atomic mass is 10.1. The van der Waals surface area contributed by atoms with Crippen LogP contribution in [0.25, 0.3) is 33.2 Å². The molecule has 26 heavy (non-hydrogen) atoms. The SMILES string of the molecule is COC(=O)c1cc(-c2cccc(Cl)c2)nc2c1[nH]c1cc(C=O)ccc12. The number of H-pyrrole nitrogens is 1. The van der Waals surface area contributed by atoms with Crippen LogP contribution in [0, 0.1) is 0 Å². The first kappa shape index (κ1) is 16.3. The van der Waals surface area contributed by atoms with Crippen molar-refractivity contribution in [3.8, 4) is 11.3 Å². The number of nitrogens with zero attached hydrogens (tertiary/aromatic N) is 1. The van der Waals surface area contributed by atoms with Crippen LogP contribution >= 0.6 is 11.6 Å². The van der Waals surface area contributed by atoms with Crippen LogP contribution in [-0.2, 0) is 4.74 Å². The molecule has 2 aromatic carbocycles. The highest BCUT2D eigenvalue weighted by Crippen LogP contribution is 2.31. The molecule has 0 aliphatic carbocycles. The van der Waals surface area contributed by atoms with Crippen molar-refractivity contribution < 1.29 is 14.3 Å². The molecule has 0 saturated carbocycles. The van der Waals surface area contributed by atoms with Gasteiger partial charge in [-0.1, -0.05) is 29.8 Å². The molecule has 0 aliphatic heterocycles. The van der Waals surface area contributed by atoms with Gasteiger partial charge in [0.05, 0.1) is 29.4 Å². The summed E-state index contributed by atoms with van der Waals surface area (Å²) in [6, 6.07) is 14.2. The number of fused-ring (bicyclic) bond motifs is 3. The van der Waals surface area contributed by atoms with Gasteiger partial charge in [0.25, 0.3) is 0 Å². The average Bonchev–Trinajstić information content (AvgIpc) is 3.04. The maximum atomic E-state index is 12.3. The van der Waals surface area contributed by atoms with E-state index in [0.29, 0.717) is 32.9 Å². The smallest absolute Gasteiger partial charge is 0.340 e. The summed E-state index contributed by atoms with van der Waals surface area (Å²) in [5, 5.41) is 1.40. The topological polar surface area (TPSA) is 72.0 Å². The molecule has 0 saturated heterocycles. The second kappa shape index (κ2) is 6.28. The molecule has 0 aliphatic rings. The van der Waals surface area contributed by atoms with Crippen molar-refractivity contribution in [2.45, 2.75) is 0 Å². The van der Waals surface area contributed by atoms with Crippen molar-refractivity contribution in [3.63, 3.8) is 0 Å². The van der Waals surface area contributed by atoms with E-state index >= 15 is 0 Å². The Morgan fingerprint density at radius 2 is 2.04 bits per heavy atom. The van der Waals surface area contributed by atoms with Gasteiger partial charge >= 0.3 is 5.97 Å². The van der Waals surface area contributed by atoms with Crippen molar-refractivity contribution >= 4 is 45.8 Å². The van der Waals surface area contributed by atoms with E-state index in [1.807, 2.05) is 18.2 Å². The maximum Gasteiger partial charge on any atom is 0.340 e. The summed E-state index contributed by atoms with van der Waals surface area (Å²) in [7, 11) is 1.33. The molecule has 0 unspecified atom stereocenters. The second-order valence-corrected chi connectivity index (χ2v) is 6.26. The van der Waals surface area contributed by atoms with Gasteiger partial charge in [0, 0.05) is 27.1 Å². The lowest BCUT2D eigenvalue weighted by molar-refractivity contribution is 0.0602. The molecule has 4 aromatic rings. The van der Waals surface area contributed by atoms with Crippen LogP contribution in [0.2, 0.25) is 5.02 Å². The molecule has 0 bridgehead atoms. The van der Waals surface area contributed by atoms with Gasteiger partial charge in [-0.25, -0.2) is 9.78 Å². The molecule has 2 aromatic heterocycles. The van der Waals surface area contributed by atoms with Gasteiger partial charge in [-0.2, -0.15) is 0 Å². The van der Waals surface area contributed by atoms with Crippen molar-refractivity contribution in [2.24, 2.45) is 0 Å². The van der Waals surface area contributed by atoms with Crippen LogP contribution in [0.1, 0.15) is 20.7 Å². The minimum absolute atomic E-state index is 0.372. The quantitative estimate of drug-likeness (QED) is 0.424. The van der Waals surface area contributed by atoms with Crippen molar-refractivity contribution in [1.29, 1.82) is 0 Å². The number of halogens is 1. The Morgan fingerprint density at radius 1 is 1.19 bits per heavy atom. The van der Waals surface area contributed by atoms with Gasteiger partial charge in [-0.05, 0) is 30.3 Å². The summed E-state index contributed by atoms with van der Waals surface area (Å²) in [6.45, 7) is 0. The number of pyridine rings is 1. The van der Waals surface area contributed by atoms with E-state index in [4.69, 9.17) is 21.3 Å². The Bertz CT molecular complexity index is 1180. The standard InChI is InChI=1S/C20H13ClN2O3/c1-26-20(25)15-9-16(12-3-2-4-13(21)8-12)22-18-14-6-5-11(10-24)7-17(14)23-19(15)18/h2-10,23H,1H3. The number of aromatic amines is 1. The number of esters is 1. The fourth-order valence-corrected chi connectivity index (χ4v) is 3.20. The number of hydrogen-bond donors (Lipinski definition) is 1. The lowest BCUT2D eigenvalue weighted by Gasteiger charge is -2.06. The van der Waals surface area contributed by atoms with Gasteiger partial charge in [0.15, 0.2) is 0 Å². The van der Waals surface area contributed by atoms with Crippen LogP contribution in [0.4, 0.5) is 0 Å². The van der Waals surface area contributed by atoms with E-state index in [1.54, 1.807) is 30.3 Å². The van der Waals surface area contributed by atoms with Crippen LogP contribution in [0.3, 0.4) is 0 Å². The predicted molar refractivity (Wildman–Crippen MR) is 101 cm³/mol. The summed E-state index contributed by atoms with van der Waals surface area (Å²) in [6.07, 6.45) is 0.775. The van der Waals surface area contributed by atoms with E-state index in [2.05, 4.69) is 4.98 Å². The van der Waals surface area contributed by atoms with Crippen molar-refractivity contribution in [1.82, 2.24) is 9.97 Å². The molecule has 4 rings (SSSR count). The normalized spacial score (nSPS) is 11.0. The number of aromatic nitrogens is 2. The van der Waals surface area contributed by atoms with E-state index in [1.165, 1.54) is 7.11 Å². The Labute approximate surface area is 153 Å². The minimum Gasteiger partial charge on any atom is -0.465 e. The molecular formula is C20H13ClN2O3. The number of aldehydes is 1. The molecule has 0 atom stereocenters. The molecule has 5 nitrogen and oxygen atoms in total. The number of carbonyl (C=O) groups excluding carboxylic acids is 2. The fraction of sp³-hybridized carbons (Fsp3) is 0.0500. The summed E-state index contributed by atoms with van der Waals surface area (Å²) in [5.74, 6) is -0.470. The van der Waals surface area contributed by atoms with Gasteiger partial charge in [0.1, 0.15) is 6.29 Å². The summed E-state index contributed by atoms with van der Waals surface area (Å²) < 4.78 is 4.93. The first-order chi connectivity index (χ1) is 12.6. The zero-order valence-corrected chi connectivity index (χ0v) is 14.5. The molecule has 1 N–H and O–H groups in total. The zero-order chi connectivity index (χ0) is 18.3. The monoisotopic (exact) mass is 364 g/mol. The van der Waals surface area contributed by atoms with E-state index < -0.39 is 5.97 Å². The van der Waals surface area contributed by atoms with Crippen LogP contribution < -0.4 is 0 Å². The maximum absolute atomic E-state index is 12.3. The molecule has 0 radical (unpaired) electrons. The van der Waals surface area contributed by atoms with E-state index in [9.17, 15) is 9.59 Å². The summed E-state index contributed by atoms with van der Waals surface area (Å²) >= 11 is 6.09. The third-order valence-electron chi connectivity index (χ3n) is 4.24. The number of rotatable bonds is 3. The van der Waals surface area contributed by atoms with Gasteiger partial charge < -0.3 is 9.72 Å². The van der Waals surface area contributed by atoms with Crippen LogP contribution in [-0.4, -0.2) is 29.3 Å². The van der Waals surface area contributed by atoms with Crippen molar-refractivity contribution in [2.75, 3.05) is 7.11 Å². The lowest BCUT2D eigenvalue weighted by Crippen LogP contribution is -2.03. The zero-order valence-electron chi connectivity index (χ0n) is 13.7. The predicted octanol–water partition coefficient (Wildman–Crippen LogP) is 4.64. The fourth-order valence-electron chi connectivity index (χ4n) is 3.01. The number of hydrogen-bond acceptors (Lipinski definition) is 4. The van der Waals surface area contributed by atoms with Gasteiger partial charge in [-0.15, -0.1) is 0 Å². The summed E-state index contributed by atoms with van der Waals surface area (Å²) in [5.41, 5.74) is 4.25. The Kier molecular flexibility index (Phi) is 3.93. The van der Waals surface area contributed by atoms with Crippen LogP contribution in [0.15, 0.2) is 48.5 Å². The number of benzene rings is 2. The van der Waals surface area contributed by atoms with Gasteiger partial charge in [0.2, 0.25) is 0 Å². The van der Waals surface area contributed by atoms with Crippen molar-refractivity contribution in [3.05, 3.63) is 64.7 Å². The highest BCUT2D eigenvalue weighted by molar-refractivity contribution is 6.30. The van der Waals surface area contributed by atoms with E-state index in [-0.39, 0.29) is 0 Å². The Morgan fingerprint density at radius 3 is 2.77 bits per heavy atom. The molecule has 2 heterocycles. The number of ether oxygens (including phenoxy) is 1. The summed E-state index contributed by atoms with van der Waals surface area (Å²) in [4.78, 5) is 31.3. The molecule has 6 heteroatoms. The second-order valence-electron chi connectivity index (χ2n) is 5.83. The van der Waals surface area contributed by atoms with Gasteiger partial charge in [-0.3, -0.25) is 4.79 Å². The third-order valence-corrected chi connectivity index (χ3v) is 4.47. The third kappa shape index (κ3) is 2.62. The highest BCUT2D eigenvalue weighted by Gasteiger charge is 2.18. The van der Waals surface area contributed by atoms with E-state index in [0.717, 1.165) is 22.8 Å². The van der Waals surface area contributed by atoms with Crippen LogP contribution in [0.5, 0.6) is 0 Å². The molecule has 128 valence electrons. The molecule has 0 fully saturated rings. The molecular weight excluding hydrogens is 352 g/mol. The number of methoxy groups -OCH3 is 1. The number of carbonyl (C=O) groups is 2. The Hall–Kier alpha value is -3.18. The Balaban J connectivity index is 2.07. The highest BCUT2D eigenvalue weighted by atomic mass is 35.5. The molecule has 0 amide bonds. The first-order valence-electron chi connectivity index (χ1n) is 7.86. The number of nitrogens with one attached hydrogen (secondary N) is 1.